The van der Waals surface area contributed by atoms with E-state index in [2.05, 4.69) is 19.9 Å². The molecule has 0 aliphatic carbocycles. The number of hydrogen-bond acceptors (Lipinski definition) is 0. The van der Waals surface area contributed by atoms with Crippen molar-refractivity contribution >= 4 is 23.2 Å². The highest BCUT2D eigenvalue weighted by Crippen LogP contribution is 2.28. The van der Waals surface area contributed by atoms with Gasteiger partial charge >= 0.3 is 0 Å². The van der Waals surface area contributed by atoms with Gasteiger partial charge in [-0.15, -0.1) is 11.6 Å². The Morgan fingerprint density at radius 3 is 2.57 bits per heavy atom. The summed E-state index contributed by atoms with van der Waals surface area (Å²) < 4.78 is 0. The van der Waals surface area contributed by atoms with E-state index < -0.39 is 0 Å². The average molecular weight is 231 g/mol. The van der Waals surface area contributed by atoms with Gasteiger partial charge < -0.3 is 0 Å². The van der Waals surface area contributed by atoms with Crippen LogP contribution in [0.1, 0.15) is 25.8 Å². The van der Waals surface area contributed by atoms with Gasteiger partial charge in [0, 0.05) is 10.9 Å². The van der Waals surface area contributed by atoms with Crippen molar-refractivity contribution in [3.05, 3.63) is 34.9 Å². The highest BCUT2D eigenvalue weighted by atomic mass is 35.5. The van der Waals surface area contributed by atoms with Crippen LogP contribution in [0.2, 0.25) is 5.02 Å². The fraction of sp³-hybridized carbons (Fsp3) is 0.500. The van der Waals surface area contributed by atoms with Crippen molar-refractivity contribution in [3.63, 3.8) is 0 Å². The van der Waals surface area contributed by atoms with E-state index in [1.807, 2.05) is 18.2 Å². The van der Waals surface area contributed by atoms with Gasteiger partial charge in [-0.1, -0.05) is 37.6 Å². The lowest BCUT2D eigenvalue weighted by Crippen LogP contribution is -2.20. The molecule has 0 aromatic heterocycles. The molecule has 0 N–H and O–H groups in total. The van der Waals surface area contributed by atoms with E-state index >= 15 is 0 Å². The largest absolute Gasteiger partial charge is 0.126 e. The van der Waals surface area contributed by atoms with E-state index in [1.165, 1.54) is 5.56 Å². The lowest BCUT2D eigenvalue weighted by atomic mass is 9.83. The molecule has 0 nitrogen and oxygen atoms in total. The second kappa shape index (κ2) is 5.04. The molecule has 0 amide bonds. The normalized spacial score (nSPS) is 15.1. The van der Waals surface area contributed by atoms with Gasteiger partial charge in [0.15, 0.2) is 0 Å². The van der Waals surface area contributed by atoms with Crippen LogP contribution in [0.5, 0.6) is 0 Å². The van der Waals surface area contributed by atoms with Crippen molar-refractivity contribution in [2.75, 3.05) is 5.88 Å². The summed E-state index contributed by atoms with van der Waals surface area (Å²) in [4.78, 5) is 0. The maximum Gasteiger partial charge on any atom is 0.0408 e. The Hall–Kier alpha value is -0.200. The molecule has 1 aromatic rings. The van der Waals surface area contributed by atoms with Gasteiger partial charge in [-0.25, -0.2) is 0 Å². The molecular weight excluding hydrogens is 215 g/mol. The maximum absolute atomic E-state index is 5.97. The van der Waals surface area contributed by atoms with E-state index in [1.54, 1.807) is 0 Å². The smallest absolute Gasteiger partial charge is 0.0408 e. The van der Waals surface area contributed by atoms with Crippen LogP contribution in [-0.4, -0.2) is 5.88 Å². The highest BCUT2D eigenvalue weighted by Gasteiger charge is 2.21. The summed E-state index contributed by atoms with van der Waals surface area (Å²) in [7, 11) is 0. The molecule has 0 radical (unpaired) electrons. The molecule has 0 heterocycles. The number of hydrogen-bond donors (Lipinski definition) is 0. The van der Waals surface area contributed by atoms with Gasteiger partial charge in [-0.2, -0.15) is 0 Å². The molecule has 0 fully saturated rings. The molecule has 2 heteroatoms. The lowest BCUT2D eigenvalue weighted by molar-refractivity contribution is 0.355. The van der Waals surface area contributed by atoms with E-state index in [0.717, 1.165) is 17.9 Å². The van der Waals surface area contributed by atoms with Gasteiger partial charge in [-0.05, 0) is 36.0 Å². The minimum absolute atomic E-state index is 0.187. The molecule has 0 saturated carbocycles. The van der Waals surface area contributed by atoms with Crippen LogP contribution in [0, 0.1) is 5.41 Å². The topological polar surface area (TPSA) is 0 Å². The summed E-state index contributed by atoms with van der Waals surface area (Å²) in [6.07, 6.45) is 2.08. The van der Waals surface area contributed by atoms with Gasteiger partial charge in [0.25, 0.3) is 0 Å². The molecule has 0 bridgehead atoms. The zero-order valence-corrected chi connectivity index (χ0v) is 10.2. The third-order valence-electron chi connectivity index (χ3n) is 2.70. The first-order valence-corrected chi connectivity index (χ1v) is 5.81. The second-order valence-corrected chi connectivity index (χ2v) is 4.81. The summed E-state index contributed by atoms with van der Waals surface area (Å²) >= 11 is 11.9. The van der Waals surface area contributed by atoms with E-state index in [0.29, 0.717) is 5.88 Å². The molecule has 1 aromatic carbocycles. The van der Waals surface area contributed by atoms with Gasteiger partial charge in [0.05, 0.1) is 0 Å². The Kier molecular flexibility index (Phi) is 4.28. The molecule has 1 atom stereocenters. The average Bonchev–Trinajstić information content (AvgIpc) is 2.18. The molecule has 14 heavy (non-hydrogen) atoms. The molecule has 0 saturated heterocycles. The highest BCUT2D eigenvalue weighted by molar-refractivity contribution is 6.30. The van der Waals surface area contributed by atoms with Crippen LogP contribution in [0.25, 0.3) is 0 Å². The Morgan fingerprint density at radius 2 is 2.07 bits per heavy atom. The molecule has 1 rings (SSSR count). The van der Waals surface area contributed by atoms with Crippen molar-refractivity contribution in [2.45, 2.75) is 26.7 Å². The summed E-state index contributed by atoms with van der Waals surface area (Å²) in [5.74, 6) is 0.690. The molecule has 0 aliphatic rings. The monoisotopic (exact) mass is 230 g/mol. The van der Waals surface area contributed by atoms with Crippen molar-refractivity contribution in [1.82, 2.24) is 0 Å². The Balaban J connectivity index is 2.77. The first-order valence-electron chi connectivity index (χ1n) is 4.90. The summed E-state index contributed by atoms with van der Waals surface area (Å²) in [5, 5.41) is 0.801. The lowest BCUT2D eigenvalue weighted by Gasteiger charge is -2.25. The molecule has 1 unspecified atom stereocenters. The second-order valence-electron chi connectivity index (χ2n) is 4.10. The third kappa shape index (κ3) is 3.18. The molecule has 0 spiro atoms. The van der Waals surface area contributed by atoms with Crippen molar-refractivity contribution in [1.29, 1.82) is 0 Å². The zero-order chi connectivity index (χ0) is 10.6. The molecule has 78 valence electrons. The SMILES string of the molecule is CCC(C)(CCl)Cc1cccc(Cl)c1. The number of benzene rings is 1. The predicted octanol–water partition coefficient (Wildman–Crippen LogP) is 4.54. The molecule has 0 aliphatic heterocycles. The fourth-order valence-electron chi connectivity index (χ4n) is 1.41. The van der Waals surface area contributed by atoms with Crippen molar-refractivity contribution in [3.8, 4) is 0 Å². The van der Waals surface area contributed by atoms with Crippen LogP contribution in [-0.2, 0) is 6.42 Å². The molecular formula is C12H16Cl2. The quantitative estimate of drug-likeness (QED) is 0.667. The van der Waals surface area contributed by atoms with Crippen molar-refractivity contribution < 1.29 is 0 Å². The Bertz CT molecular complexity index is 290. The van der Waals surface area contributed by atoms with Crippen molar-refractivity contribution in [2.24, 2.45) is 5.41 Å². The zero-order valence-electron chi connectivity index (χ0n) is 8.69. The fourth-order valence-corrected chi connectivity index (χ4v) is 1.90. The van der Waals surface area contributed by atoms with Crippen LogP contribution >= 0.6 is 23.2 Å². The van der Waals surface area contributed by atoms with Crippen LogP contribution in [0.15, 0.2) is 24.3 Å². The van der Waals surface area contributed by atoms with Crippen LogP contribution in [0.4, 0.5) is 0 Å². The Labute approximate surface area is 96.2 Å². The van der Waals surface area contributed by atoms with E-state index in [-0.39, 0.29) is 5.41 Å². The van der Waals surface area contributed by atoms with Gasteiger partial charge in [-0.3, -0.25) is 0 Å². The minimum Gasteiger partial charge on any atom is -0.126 e. The Morgan fingerprint density at radius 1 is 1.36 bits per heavy atom. The summed E-state index contributed by atoms with van der Waals surface area (Å²) in [6, 6.07) is 8.01. The standard InChI is InChI=1S/C12H16Cl2/c1-3-12(2,9-13)8-10-5-4-6-11(14)7-10/h4-7H,3,8-9H2,1-2H3. The summed E-state index contributed by atoms with van der Waals surface area (Å²) in [6.45, 7) is 4.38. The number of alkyl halides is 1. The van der Waals surface area contributed by atoms with Crippen LogP contribution in [0.3, 0.4) is 0 Å². The van der Waals surface area contributed by atoms with E-state index in [4.69, 9.17) is 23.2 Å². The summed E-state index contributed by atoms with van der Waals surface area (Å²) in [5.41, 5.74) is 1.45. The number of rotatable bonds is 4. The third-order valence-corrected chi connectivity index (χ3v) is 3.58. The van der Waals surface area contributed by atoms with Gasteiger partial charge in [0.2, 0.25) is 0 Å². The van der Waals surface area contributed by atoms with Gasteiger partial charge in [0.1, 0.15) is 0 Å². The van der Waals surface area contributed by atoms with Crippen LogP contribution < -0.4 is 0 Å². The van der Waals surface area contributed by atoms with E-state index in [9.17, 15) is 0 Å². The first kappa shape index (κ1) is 11.9. The number of halogens is 2. The maximum atomic E-state index is 5.97. The minimum atomic E-state index is 0.187. The predicted molar refractivity (Wildman–Crippen MR) is 64.3 cm³/mol. The first-order chi connectivity index (χ1) is 6.59.